The SMILES string of the molecule is CC.CC1(C)c2ccccc2-c2ccc3ccccc3c21.c1ccc(C2(c3ccccc3)c3ccccc3-c3ccccc32)cc1. The second-order valence-electron chi connectivity index (χ2n) is 12.5. The fourth-order valence-electron chi connectivity index (χ4n) is 7.97. The summed E-state index contributed by atoms with van der Waals surface area (Å²) in [5.74, 6) is 0. The van der Waals surface area contributed by atoms with E-state index in [-0.39, 0.29) is 10.8 Å². The van der Waals surface area contributed by atoms with E-state index in [1.54, 1.807) is 0 Å². The van der Waals surface area contributed by atoms with Gasteiger partial charge in [-0.05, 0) is 66.4 Å². The molecular weight excluding hydrogens is 553 g/mol. The van der Waals surface area contributed by atoms with Crippen molar-refractivity contribution < 1.29 is 0 Å². The fourth-order valence-corrected chi connectivity index (χ4v) is 7.97. The Kier molecular flexibility index (Phi) is 7.67. The highest BCUT2D eigenvalue weighted by Gasteiger charge is 2.45. The first kappa shape index (κ1) is 29.5. The van der Waals surface area contributed by atoms with Crippen molar-refractivity contribution in [1.29, 1.82) is 0 Å². The van der Waals surface area contributed by atoms with Crippen molar-refractivity contribution in [2.45, 2.75) is 38.5 Å². The molecule has 0 saturated carbocycles. The average Bonchev–Trinajstić information content (AvgIpc) is 3.57. The standard InChI is InChI=1S/C25H18.C19H16.C2H6/c1-3-11-19(12-4-1)25(20-13-5-2-6-14-20)23-17-9-7-15-21(23)22-16-8-10-18-24(22)25;1-19(2)17-10-6-5-9-15(17)16-12-11-13-7-3-4-8-14(13)18(16)19;1-2/h1-18H;3-12H,1-2H3;1-2H3. The van der Waals surface area contributed by atoms with Crippen LogP contribution in [0.1, 0.15) is 61.1 Å². The van der Waals surface area contributed by atoms with Crippen LogP contribution in [-0.2, 0) is 10.8 Å². The van der Waals surface area contributed by atoms with E-state index < -0.39 is 0 Å². The molecule has 2 aliphatic carbocycles. The highest BCUT2D eigenvalue weighted by atomic mass is 14.5. The van der Waals surface area contributed by atoms with E-state index in [2.05, 4.69) is 184 Å². The molecule has 2 aliphatic rings. The summed E-state index contributed by atoms with van der Waals surface area (Å²) in [5.41, 5.74) is 13.6. The van der Waals surface area contributed by atoms with Gasteiger partial charge in [-0.1, -0.05) is 198 Å². The van der Waals surface area contributed by atoms with Crippen LogP contribution in [0, 0.1) is 0 Å². The molecule has 0 bridgehead atoms. The highest BCUT2D eigenvalue weighted by molar-refractivity contribution is 5.97. The van der Waals surface area contributed by atoms with Gasteiger partial charge in [0.1, 0.15) is 0 Å². The van der Waals surface area contributed by atoms with Gasteiger partial charge in [0, 0.05) is 5.41 Å². The molecule has 0 heterocycles. The Morgan fingerprint density at radius 3 is 1.30 bits per heavy atom. The maximum absolute atomic E-state index is 2.34. The molecule has 0 nitrogen and oxygen atoms in total. The maximum Gasteiger partial charge on any atom is 0.0713 e. The van der Waals surface area contributed by atoms with Gasteiger partial charge >= 0.3 is 0 Å². The Bertz CT molecular complexity index is 2050. The van der Waals surface area contributed by atoms with Crippen molar-refractivity contribution >= 4 is 10.8 Å². The van der Waals surface area contributed by atoms with Gasteiger partial charge in [0.05, 0.1) is 5.41 Å². The summed E-state index contributed by atoms with van der Waals surface area (Å²) in [6.07, 6.45) is 0. The molecule has 0 heteroatoms. The predicted molar refractivity (Wildman–Crippen MR) is 197 cm³/mol. The lowest BCUT2D eigenvalue weighted by molar-refractivity contribution is 0.666. The zero-order chi connectivity index (χ0) is 31.7. The Labute approximate surface area is 274 Å². The molecule has 0 unspecified atom stereocenters. The van der Waals surface area contributed by atoms with Crippen molar-refractivity contribution in [2.75, 3.05) is 0 Å². The van der Waals surface area contributed by atoms with Crippen LogP contribution in [0.4, 0.5) is 0 Å². The molecule has 0 radical (unpaired) electrons. The molecule has 0 spiro atoms. The normalized spacial score (nSPS) is 14.0. The van der Waals surface area contributed by atoms with E-state index >= 15 is 0 Å². The molecule has 7 aromatic carbocycles. The van der Waals surface area contributed by atoms with Gasteiger partial charge in [0.25, 0.3) is 0 Å². The topological polar surface area (TPSA) is 0 Å². The number of fused-ring (bicyclic) bond motifs is 8. The van der Waals surface area contributed by atoms with E-state index in [1.165, 1.54) is 66.4 Å². The van der Waals surface area contributed by atoms with Crippen molar-refractivity contribution in [1.82, 2.24) is 0 Å². The first-order valence-electron chi connectivity index (χ1n) is 16.5. The Morgan fingerprint density at radius 2 is 0.761 bits per heavy atom. The lowest BCUT2D eigenvalue weighted by atomic mass is 9.68. The van der Waals surface area contributed by atoms with Crippen molar-refractivity contribution in [3.05, 3.63) is 203 Å². The molecule has 0 aromatic heterocycles. The quantitative estimate of drug-likeness (QED) is 0.187. The second kappa shape index (κ2) is 12.0. The molecule has 0 amide bonds. The van der Waals surface area contributed by atoms with Crippen molar-refractivity contribution in [3.63, 3.8) is 0 Å². The van der Waals surface area contributed by atoms with E-state index in [0.29, 0.717) is 0 Å². The summed E-state index contributed by atoms with van der Waals surface area (Å²) >= 11 is 0. The summed E-state index contributed by atoms with van der Waals surface area (Å²) in [5, 5.41) is 2.73. The first-order chi connectivity index (χ1) is 22.6. The number of hydrogen-bond acceptors (Lipinski definition) is 0. The minimum absolute atomic E-state index is 0.0901. The van der Waals surface area contributed by atoms with Crippen LogP contribution in [0.2, 0.25) is 0 Å². The third-order valence-corrected chi connectivity index (χ3v) is 9.81. The summed E-state index contributed by atoms with van der Waals surface area (Å²) in [6, 6.07) is 61.5. The largest absolute Gasteiger partial charge is 0.0713 e. The highest BCUT2D eigenvalue weighted by Crippen LogP contribution is 2.56. The molecule has 0 fully saturated rings. The molecule has 0 saturated heterocycles. The van der Waals surface area contributed by atoms with Gasteiger partial charge in [-0.3, -0.25) is 0 Å². The zero-order valence-electron chi connectivity index (χ0n) is 27.2. The summed E-state index contributed by atoms with van der Waals surface area (Å²) in [6.45, 7) is 8.67. The van der Waals surface area contributed by atoms with Gasteiger partial charge in [-0.2, -0.15) is 0 Å². The lowest BCUT2D eigenvalue weighted by Crippen LogP contribution is -2.28. The molecule has 0 aliphatic heterocycles. The van der Waals surface area contributed by atoms with Crippen LogP contribution >= 0.6 is 0 Å². The van der Waals surface area contributed by atoms with Gasteiger partial charge in [-0.25, -0.2) is 0 Å². The maximum atomic E-state index is 2.34. The monoisotopic (exact) mass is 592 g/mol. The zero-order valence-corrected chi connectivity index (χ0v) is 27.2. The molecule has 0 atom stereocenters. The van der Waals surface area contributed by atoms with E-state index in [9.17, 15) is 0 Å². The van der Waals surface area contributed by atoms with Crippen molar-refractivity contribution in [2.24, 2.45) is 0 Å². The van der Waals surface area contributed by atoms with Crippen LogP contribution in [0.5, 0.6) is 0 Å². The number of rotatable bonds is 2. The van der Waals surface area contributed by atoms with Gasteiger partial charge in [0.2, 0.25) is 0 Å². The van der Waals surface area contributed by atoms with Crippen LogP contribution in [0.3, 0.4) is 0 Å². The summed E-state index contributed by atoms with van der Waals surface area (Å²) in [4.78, 5) is 0. The van der Waals surface area contributed by atoms with Gasteiger partial charge < -0.3 is 0 Å². The summed E-state index contributed by atoms with van der Waals surface area (Å²) in [7, 11) is 0. The Morgan fingerprint density at radius 1 is 0.348 bits per heavy atom. The molecule has 224 valence electrons. The van der Waals surface area contributed by atoms with E-state index in [1.807, 2.05) is 13.8 Å². The second-order valence-corrected chi connectivity index (χ2v) is 12.5. The number of benzene rings is 7. The smallest absolute Gasteiger partial charge is 0.0683 e. The van der Waals surface area contributed by atoms with E-state index in [4.69, 9.17) is 0 Å². The Hall–Kier alpha value is -5.20. The van der Waals surface area contributed by atoms with Crippen LogP contribution in [0.15, 0.2) is 170 Å². The third kappa shape index (κ3) is 4.44. The lowest BCUT2D eigenvalue weighted by Gasteiger charge is -2.33. The van der Waals surface area contributed by atoms with Gasteiger partial charge in [0.15, 0.2) is 0 Å². The Balaban J connectivity index is 0.000000144. The van der Waals surface area contributed by atoms with Gasteiger partial charge in [-0.15, -0.1) is 0 Å². The average molecular weight is 593 g/mol. The number of hydrogen-bond donors (Lipinski definition) is 0. The molecule has 46 heavy (non-hydrogen) atoms. The molecular formula is C46H40. The fraction of sp³-hybridized carbons (Fsp3) is 0.130. The molecule has 9 rings (SSSR count). The molecule has 0 N–H and O–H groups in total. The third-order valence-electron chi connectivity index (χ3n) is 9.81. The predicted octanol–water partition coefficient (Wildman–Crippen LogP) is 12.2. The minimum atomic E-state index is -0.254. The van der Waals surface area contributed by atoms with Crippen LogP contribution in [-0.4, -0.2) is 0 Å². The first-order valence-corrected chi connectivity index (χ1v) is 16.5. The van der Waals surface area contributed by atoms with Crippen LogP contribution < -0.4 is 0 Å². The molecule has 7 aromatic rings. The van der Waals surface area contributed by atoms with E-state index in [0.717, 1.165) is 0 Å². The summed E-state index contributed by atoms with van der Waals surface area (Å²) < 4.78 is 0. The van der Waals surface area contributed by atoms with Crippen LogP contribution in [0.25, 0.3) is 33.0 Å². The minimum Gasteiger partial charge on any atom is -0.0683 e. The van der Waals surface area contributed by atoms with Crippen molar-refractivity contribution in [3.8, 4) is 22.3 Å².